The van der Waals surface area contributed by atoms with E-state index in [1.54, 1.807) is 0 Å². The van der Waals surface area contributed by atoms with Crippen LogP contribution in [0.5, 0.6) is 11.5 Å². The minimum Gasteiger partial charge on any atom is -0.493 e. The van der Waals surface area contributed by atoms with Gasteiger partial charge in [0.2, 0.25) is 0 Å². The second-order valence-electron chi connectivity index (χ2n) is 6.74. The Labute approximate surface area is 170 Å². The zero-order chi connectivity index (χ0) is 20.6. The van der Waals surface area contributed by atoms with Gasteiger partial charge in [-0.1, -0.05) is 50.1 Å². The molecule has 0 spiro atoms. The Morgan fingerprint density at radius 1 is 0.929 bits per heavy atom. The van der Waals surface area contributed by atoms with E-state index in [1.165, 1.54) is 19.3 Å². The fraction of sp³-hybridized carbons (Fsp3) is 0.500. The largest absolute Gasteiger partial charge is 0.493 e. The lowest BCUT2D eigenvalue weighted by molar-refractivity contribution is 0.228. The summed E-state index contributed by atoms with van der Waals surface area (Å²) >= 11 is 0. The van der Waals surface area contributed by atoms with E-state index in [2.05, 4.69) is 31.7 Å². The summed E-state index contributed by atoms with van der Waals surface area (Å²) in [6, 6.07) is 5.81. The van der Waals surface area contributed by atoms with Crippen molar-refractivity contribution in [3.8, 4) is 11.5 Å². The third kappa shape index (κ3) is 9.77. The maximum Gasteiger partial charge on any atom is 0.123 e. The number of allylic oxidation sites excluding steroid dienone is 5. The molecule has 156 valence electrons. The summed E-state index contributed by atoms with van der Waals surface area (Å²) in [5.74, 6) is 1.42. The van der Waals surface area contributed by atoms with Crippen molar-refractivity contribution in [1.82, 2.24) is 0 Å². The summed E-state index contributed by atoms with van der Waals surface area (Å²) in [7, 11) is 0. The molecule has 0 saturated heterocycles. The maximum absolute atomic E-state index is 8.97. The fourth-order valence-electron chi connectivity index (χ4n) is 2.67. The predicted octanol–water partition coefficient (Wildman–Crippen LogP) is 5.31. The normalized spacial score (nSPS) is 11.8. The van der Waals surface area contributed by atoms with Gasteiger partial charge in [0, 0.05) is 32.1 Å². The fourth-order valence-corrected chi connectivity index (χ4v) is 2.67. The van der Waals surface area contributed by atoms with E-state index in [0.717, 1.165) is 23.1 Å². The van der Waals surface area contributed by atoms with Gasteiger partial charge in [-0.15, -0.1) is 0 Å². The summed E-state index contributed by atoms with van der Waals surface area (Å²) in [5, 5.41) is 17.9. The van der Waals surface area contributed by atoms with Gasteiger partial charge >= 0.3 is 0 Å². The Balaban J connectivity index is 2.93. The zero-order valence-electron chi connectivity index (χ0n) is 17.5. The Morgan fingerprint density at radius 2 is 1.54 bits per heavy atom. The SMILES string of the molecule is C=C(/C=C\C(=C/C)c1cc(OCCCO)cc(OCCCO)c1)CCCCC. The van der Waals surface area contributed by atoms with Crippen molar-refractivity contribution in [2.75, 3.05) is 26.4 Å². The highest BCUT2D eigenvalue weighted by molar-refractivity contribution is 5.76. The van der Waals surface area contributed by atoms with Crippen molar-refractivity contribution in [2.24, 2.45) is 0 Å². The number of hydrogen-bond donors (Lipinski definition) is 2. The first kappa shape index (κ1) is 24.0. The van der Waals surface area contributed by atoms with Crippen molar-refractivity contribution >= 4 is 5.57 Å². The lowest BCUT2D eigenvalue weighted by Crippen LogP contribution is -2.03. The van der Waals surface area contributed by atoms with Crippen molar-refractivity contribution < 1.29 is 19.7 Å². The maximum atomic E-state index is 8.97. The van der Waals surface area contributed by atoms with E-state index in [1.807, 2.05) is 25.1 Å². The Bertz CT molecular complexity index is 603. The van der Waals surface area contributed by atoms with Gasteiger partial charge in [0.15, 0.2) is 0 Å². The average Bonchev–Trinajstić information content (AvgIpc) is 2.69. The second kappa shape index (κ2) is 14.9. The molecule has 0 fully saturated rings. The molecule has 0 atom stereocenters. The molecule has 0 heterocycles. The molecular formula is C24H36O4. The minimum atomic E-state index is 0.0997. The van der Waals surface area contributed by atoms with E-state index in [4.69, 9.17) is 19.7 Å². The van der Waals surface area contributed by atoms with Crippen molar-refractivity contribution in [2.45, 2.75) is 52.4 Å². The van der Waals surface area contributed by atoms with Crippen LogP contribution in [0.4, 0.5) is 0 Å². The average molecular weight is 389 g/mol. The van der Waals surface area contributed by atoms with Crippen LogP contribution in [-0.4, -0.2) is 36.6 Å². The van der Waals surface area contributed by atoms with Crippen LogP contribution in [0.2, 0.25) is 0 Å². The lowest BCUT2D eigenvalue weighted by atomic mass is 10.0. The van der Waals surface area contributed by atoms with Gasteiger partial charge in [-0.3, -0.25) is 0 Å². The van der Waals surface area contributed by atoms with Gasteiger partial charge in [-0.05, 0) is 43.0 Å². The van der Waals surface area contributed by atoms with Crippen LogP contribution in [0.3, 0.4) is 0 Å². The van der Waals surface area contributed by atoms with E-state index < -0.39 is 0 Å². The Morgan fingerprint density at radius 3 is 2.04 bits per heavy atom. The smallest absolute Gasteiger partial charge is 0.123 e. The van der Waals surface area contributed by atoms with Crippen LogP contribution in [0.1, 0.15) is 57.9 Å². The van der Waals surface area contributed by atoms with Crippen molar-refractivity contribution in [3.05, 3.63) is 54.1 Å². The molecule has 4 nitrogen and oxygen atoms in total. The summed E-state index contributed by atoms with van der Waals surface area (Å²) in [6.45, 7) is 9.46. The van der Waals surface area contributed by atoms with Crippen molar-refractivity contribution in [1.29, 1.82) is 0 Å². The second-order valence-corrected chi connectivity index (χ2v) is 6.74. The highest BCUT2D eigenvalue weighted by Crippen LogP contribution is 2.29. The predicted molar refractivity (Wildman–Crippen MR) is 117 cm³/mol. The van der Waals surface area contributed by atoms with Crippen LogP contribution in [0.15, 0.2) is 48.6 Å². The number of unbranched alkanes of at least 4 members (excludes halogenated alkanes) is 2. The molecule has 0 saturated carbocycles. The molecule has 0 aliphatic rings. The van der Waals surface area contributed by atoms with E-state index in [0.29, 0.717) is 37.6 Å². The van der Waals surface area contributed by atoms with Gasteiger partial charge in [-0.2, -0.15) is 0 Å². The molecule has 4 heteroatoms. The number of rotatable bonds is 15. The summed E-state index contributed by atoms with van der Waals surface area (Å²) < 4.78 is 11.5. The van der Waals surface area contributed by atoms with Gasteiger partial charge in [0.25, 0.3) is 0 Å². The van der Waals surface area contributed by atoms with Gasteiger partial charge < -0.3 is 19.7 Å². The highest BCUT2D eigenvalue weighted by Gasteiger charge is 2.06. The van der Waals surface area contributed by atoms with Crippen LogP contribution in [0, 0.1) is 0 Å². The zero-order valence-corrected chi connectivity index (χ0v) is 17.5. The van der Waals surface area contributed by atoms with Gasteiger partial charge in [0.05, 0.1) is 13.2 Å². The highest BCUT2D eigenvalue weighted by atomic mass is 16.5. The minimum absolute atomic E-state index is 0.0997. The molecule has 1 aromatic carbocycles. The summed E-state index contributed by atoms with van der Waals surface area (Å²) in [4.78, 5) is 0. The van der Waals surface area contributed by atoms with Crippen molar-refractivity contribution in [3.63, 3.8) is 0 Å². The molecule has 0 aliphatic carbocycles. The molecule has 0 aliphatic heterocycles. The Hall–Kier alpha value is -2.04. The number of hydrogen-bond acceptors (Lipinski definition) is 4. The number of aliphatic hydroxyl groups is 2. The summed E-state index contributed by atoms with van der Waals surface area (Å²) in [6.07, 6.45) is 12.0. The van der Waals surface area contributed by atoms with Crippen LogP contribution in [0.25, 0.3) is 5.57 Å². The molecule has 1 rings (SSSR count). The number of ether oxygens (including phenoxy) is 2. The standard InChI is InChI=1S/C24H36O4/c1-4-6-7-10-20(3)11-12-21(5-2)22-17-23(27-15-8-13-25)19-24(18-22)28-16-9-14-26/h5,11-12,17-19,25-26H,3-4,6-10,13-16H2,1-2H3/b12-11-,21-5+. The molecule has 0 unspecified atom stereocenters. The molecule has 2 N–H and O–H groups in total. The van der Waals surface area contributed by atoms with E-state index in [9.17, 15) is 0 Å². The third-order valence-electron chi connectivity index (χ3n) is 4.27. The third-order valence-corrected chi connectivity index (χ3v) is 4.27. The van der Waals surface area contributed by atoms with Crippen LogP contribution >= 0.6 is 0 Å². The van der Waals surface area contributed by atoms with Crippen LogP contribution in [-0.2, 0) is 0 Å². The van der Waals surface area contributed by atoms with Gasteiger partial charge in [0.1, 0.15) is 11.5 Å². The number of aliphatic hydroxyl groups excluding tert-OH is 2. The van der Waals surface area contributed by atoms with E-state index in [-0.39, 0.29) is 13.2 Å². The molecular weight excluding hydrogens is 352 g/mol. The Kier molecular flexibility index (Phi) is 12.8. The molecule has 0 aromatic heterocycles. The molecule has 0 amide bonds. The van der Waals surface area contributed by atoms with E-state index >= 15 is 0 Å². The monoisotopic (exact) mass is 388 g/mol. The summed E-state index contributed by atoms with van der Waals surface area (Å²) in [5.41, 5.74) is 3.19. The topological polar surface area (TPSA) is 58.9 Å². The number of benzene rings is 1. The lowest BCUT2D eigenvalue weighted by Gasteiger charge is -2.13. The van der Waals surface area contributed by atoms with Crippen LogP contribution < -0.4 is 9.47 Å². The first-order valence-corrected chi connectivity index (χ1v) is 10.3. The molecule has 0 radical (unpaired) electrons. The van der Waals surface area contributed by atoms with Gasteiger partial charge in [-0.25, -0.2) is 0 Å². The molecule has 0 bridgehead atoms. The molecule has 28 heavy (non-hydrogen) atoms. The first-order valence-electron chi connectivity index (χ1n) is 10.3. The first-order chi connectivity index (χ1) is 13.6. The molecule has 1 aromatic rings. The quantitative estimate of drug-likeness (QED) is 0.316.